The third-order valence-electron chi connectivity index (χ3n) is 4.92. The maximum absolute atomic E-state index is 12.4. The Labute approximate surface area is 175 Å². The molecule has 0 bridgehead atoms. The third-order valence-corrected chi connectivity index (χ3v) is 4.92. The molecule has 152 valence electrons. The number of ether oxygens (including phenoxy) is 1. The van der Waals surface area contributed by atoms with Crippen LogP contribution in [0.2, 0.25) is 0 Å². The maximum Gasteiger partial charge on any atom is 0.228 e. The van der Waals surface area contributed by atoms with E-state index in [1.165, 1.54) is 0 Å². The van der Waals surface area contributed by atoms with Crippen LogP contribution in [0.3, 0.4) is 0 Å². The van der Waals surface area contributed by atoms with Crippen molar-refractivity contribution in [3.05, 3.63) is 84.2 Å². The molecule has 0 atom stereocenters. The topological polar surface area (TPSA) is 71.5 Å². The average molecular weight is 401 g/mol. The highest BCUT2D eigenvalue weighted by atomic mass is 16.5. The molecule has 4 rings (SSSR count). The molecule has 1 aliphatic rings. The molecule has 0 unspecified atom stereocenters. The second-order valence-electron chi connectivity index (χ2n) is 7.18. The lowest BCUT2D eigenvalue weighted by molar-refractivity contribution is -0.117. The third kappa shape index (κ3) is 5.03. The lowest BCUT2D eigenvalue weighted by atomic mass is 10.1. The van der Waals surface area contributed by atoms with Crippen molar-refractivity contribution in [1.29, 1.82) is 0 Å². The number of aromatic nitrogens is 1. The Hall–Kier alpha value is -3.67. The summed E-state index contributed by atoms with van der Waals surface area (Å²) in [5.74, 6) is 0.714. The van der Waals surface area contributed by atoms with Crippen molar-refractivity contribution in [3.8, 4) is 5.75 Å². The van der Waals surface area contributed by atoms with Gasteiger partial charge in [0, 0.05) is 36.6 Å². The van der Waals surface area contributed by atoms with Crippen LogP contribution in [0.25, 0.3) is 0 Å². The highest BCUT2D eigenvalue weighted by Gasteiger charge is 2.21. The normalized spacial score (nSPS) is 13.3. The Balaban J connectivity index is 1.32. The Morgan fingerprint density at radius 1 is 1.07 bits per heavy atom. The smallest absolute Gasteiger partial charge is 0.228 e. The standard InChI is InChI=1S/C24H23N3O3/c28-23(15-18-9-11-21(12-10-18)27-14-4-8-24(27)29)26-19-6-3-7-22(16-19)30-17-20-5-1-2-13-25-20/h1-3,5-7,9-13,16H,4,8,14-15,17H2,(H,26,28). The summed E-state index contributed by atoms with van der Waals surface area (Å²) in [7, 11) is 0. The molecule has 0 spiro atoms. The summed E-state index contributed by atoms with van der Waals surface area (Å²) >= 11 is 0. The molecular weight excluding hydrogens is 378 g/mol. The Kier molecular flexibility index (Phi) is 6.03. The highest BCUT2D eigenvalue weighted by Crippen LogP contribution is 2.22. The van der Waals surface area contributed by atoms with Gasteiger partial charge in [0.1, 0.15) is 12.4 Å². The van der Waals surface area contributed by atoms with Crippen molar-refractivity contribution in [3.63, 3.8) is 0 Å². The number of nitrogens with zero attached hydrogens (tertiary/aromatic N) is 2. The van der Waals surface area contributed by atoms with Crippen molar-refractivity contribution >= 4 is 23.2 Å². The van der Waals surface area contributed by atoms with Gasteiger partial charge in [-0.15, -0.1) is 0 Å². The first kappa shape index (κ1) is 19.6. The molecule has 30 heavy (non-hydrogen) atoms. The Morgan fingerprint density at radius 2 is 1.93 bits per heavy atom. The van der Waals surface area contributed by atoms with Crippen LogP contribution in [0.15, 0.2) is 72.9 Å². The number of benzene rings is 2. The van der Waals surface area contributed by atoms with Crippen molar-refractivity contribution in [1.82, 2.24) is 4.98 Å². The molecule has 2 amide bonds. The van der Waals surface area contributed by atoms with Gasteiger partial charge in [-0.3, -0.25) is 14.6 Å². The van der Waals surface area contributed by atoms with E-state index < -0.39 is 0 Å². The van der Waals surface area contributed by atoms with Gasteiger partial charge in [0.2, 0.25) is 11.8 Å². The first-order valence-electron chi connectivity index (χ1n) is 9.99. The summed E-state index contributed by atoms with van der Waals surface area (Å²) in [4.78, 5) is 30.3. The number of carbonyl (C=O) groups is 2. The van der Waals surface area contributed by atoms with Crippen molar-refractivity contribution < 1.29 is 14.3 Å². The second-order valence-corrected chi connectivity index (χ2v) is 7.18. The van der Waals surface area contributed by atoms with Crippen LogP contribution in [-0.2, 0) is 22.6 Å². The zero-order valence-corrected chi connectivity index (χ0v) is 16.6. The van der Waals surface area contributed by atoms with E-state index in [9.17, 15) is 9.59 Å². The summed E-state index contributed by atoms with van der Waals surface area (Å²) in [6, 6.07) is 20.6. The number of anilines is 2. The molecule has 0 aliphatic carbocycles. The van der Waals surface area contributed by atoms with Crippen molar-refractivity contribution in [2.45, 2.75) is 25.9 Å². The maximum atomic E-state index is 12.4. The summed E-state index contributed by atoms with van der Waals surface area (Å²) in [6.07, 6.45) is 3.49. The fourth-order valence-corrected chi connectivity index (χ4v) is 3.41. The van der Waals surface area contributed by atoms with Crippen LogP contribution < -0.4 is 15.0 Å². The van der Waals surface area contributed by atoms with Gasteiger partial charge >= 0.3 is 0 Å². The van der Waals surface area contributed by atoms with Crippen LogP contribution in [-0.4, -0.2) is 23.3 Å². The number of nitrogens with one attached hydrogen (secondary N) is 1. The van der Waals surface area contributed by atoms with E-state index in [4.69, 9.17) is 4.74 Å². The van der Waals surface area contributed by atoms with Crippen molar-refractivity contribution in [2.75, 3.05) is 16.8 Å². The largest absolute Gasteiger partial charge is 0.487 e. The van der Waals surface area contributed by atoms with Crippen LogP contribution >= 0.6 is 0 Å². The molecule has 3 aromatic rings. The number of rotatable bonds is 7. The Morgan fingerprint density at radius 3 is 2.67 bits per heavy atom. The van der Waals surface area contributed by atoms with E-state index in [-0.39, 0.29) is 18.2 Å². The zero-order chi connectivity index (χ0) is 20.8. The molecule has 2 heterocycles. The van der Waals surface area contributed by atoms with Gasteiger partial charge in [0.05, 0.1) is 12.1 Å². The van der Waals surface area contributed by atoms with E-state index in [2.05, 4.69) is 10.3 Å². The van der Waals surface area contributed by atoms with E-state index in [1.807, 2.05) is 60.7 Å². The highest BCUT2D eigenvalue weighted by molar-refractivity contribution is 5.95. The molecule has 1 saturated heterocycles. The van der Waals surface area contributed by atoms with Crippen molar-refractivity contribution in [2.24, 2.45) is 0 Å². The fraction of sp³-hybridized carbons (Fsp3) is 0.208. The number of hydrogen-bond donors (Lipinski definition) is 1. The van der Waals surface area contributed by atoms with E-state index in [1.54, 1.807) is 17.2 Å². The minimum absolute atomic E-state index is 0.109. The van der Waals surface area contributed by atoms with Crippen LogP contribution in [0.1, 0.15) is 24.1 Å². The lowest BCUT2D eigenvalue weighted by Gasteiger charge is -2.16. The number of amides is 2. The second kappa shape index (κ2) is 9.22. The minimum Gasteiger partial charge on any atom is -0.487 e. The van der Waals surface area contributed by atoms with Gasteiger partial charge in [-0.25, -0.2) is 0 Å². The molecule has 1 aromatic heterocycles. The summed E-state index contributed by atoms with van der Waals surface area (Å²) in [5.41, 5.74) is 3.30. The molecule has 0 radical (unpaired) electrons. The number of carbonyl (C=O) groups excluding carboxylic acids is 2. The zero-order valence-electron chi connectivity index (χ0n) is 16.6. The van der Waals surface area contributed by atoms with Gasteiger partial charge in [-0.1, -0.05) is 24.3 Å². The average Bonchev–Trinajstić information content (AvgIpc) is 3.20. The Bertz CT molecular complexity index is 1020. The monoisotopic (exact) mass is 401 g/mol. The molecule has 2 aromatic carbocycles. The molecule has 1 N–H and O–H groups in total. The van der Waals surface area contributed by atoms with Gasteiger partial charge in [-0.2, -0.15) is 0 Å². The number of hydrogen-bond acceptors (Lipinski definition) is 4. The lowest BCUT2D eigenvalue weighted by Crippen LogP contribution is -2.23. The SMILES string of the molecule is O=C(Cc1ccc(N2CCCC2=O)cc1)Nc1cccc(OCc2ccccn2)c1. The summed E-state index contributed by atoms with van der Waals surface area (Å²) < 4.78 is 5.76. The molecular formula is C24H23N3O3. The molecule has 6 heteroatoms. The van der Waals surface area contributed by atoms with E-state index in [0.29, 0.717) is 24.5 Å². The molecule has 6 nitrogen and oxygen atoms in total. The first-order chi connectivity index (χ1) is 14.7. The predicted molar refractivity (Wildman–Crippen MR) is 115 cm³/mol. The van der Waals surface area contributed by atoms with Gasteiger partial charge in [0.15, 0.2) is 0 Å². The summed E-state index contributed by atoms with van der Waals surface area (Å²) in [6.45, 7) is 1.13. The quantitative estimate of drug-likeness (QED) is 0.650. The van der Waals surface area contributed by atoms with Gasteiger partial charge < -0.3 is 15.0 Å². The van der Waals surface area contributed by atoms with E-state index in [0.717, 1.165) is 29.9 Å². The predicted octanol–water partition coefficient (Wildman–Crippen LogP) is 3.97. The van der Waals surface area contributed by atoms with Gasteiger partial charge in [0.25, 0.3) is 0 Å². The molecule has 0 saturated carbocycles. The first-order valence-corrected chi connectivity index (χ1v) is 9.99. The van der Waals surface area contributed by atoms with Gasteiger partial charge in [-0.05, 0) is 48.4 Å². The minimum atomic E-state index is -0.109. The fourth-order valence-electron chi connectivity index (χ4n) is 3.41. The molecule has 1 aliphatic heterocycles. The van der Waals surface area contributed by atoms with Crippen LogP contribution in [0, 0.1) is 0 Å². The van der Waals surface area contributed by atoms with Crippen LogP contribution in [0.4, 0.5) is 11.4 Å². The van der Waals surface area contributed by atoms with E-state index >= 15 is 0 Å². The summed E-state index contributed by atoms with van der Waals surface area (Å²) in [5, 5.41) is 2.91. The van der Waals surface area contributed by atoms with Crippen LogP contribution in [0.5, 0.6) is 5.75 Å². The number of pyridine rings is 1. The molecule has 1 fully saturated rings.